The molecule has 1 aromatic carbocycles. The Morgan fingerprint density at radius 2 is 2.14 bits per heavy atom. The molecular weight excluding hydrogens is 286 g/mol. The second-order valence-electron chi connectivity index (χ2n) is 4.72. The van der Waals surface area contributed by atoms with Crippen LogP contribution in [0.25, 0.3) is 0 Å². The highest BCUT2D eigenvalue weighted by Gasteiger charge is 2.08. The molecule has 1 heterocycles. The van der Waals surface area contributed by atoms with Crippen molar-refractivity contribution in [1.82, 2.24) is 10.3 Å². The third-order valence-electron chi connectivity index (χ3n) is 3.07. The van der Waals surface area contributed by atoms with Crippen LogP contribution in [-0.2, 0) is 0 Å². The minimum atomic E-state index is -0.164. The number of carbonyl (C=O) groups is 1. The van der Waals surface area contributed by atoms with E-state index in [9.17, 15) is 4.79 Å². The molecule has 4 nitrogen and oxygen atoms in total. The van der Waals surface area contributed by atoms with E-state index in [1.807, 2.05) is 38.1 Å². The van der Waals surface area contributed by atoms with Gasteiger partial charge in [0.1, 0.15) is 5.69 Å². The minimum Gasteiger partial charge on any atom is -0.355 e. The summed E-state index contributed by atoms with van der Waals surface area (Å²) in [5, 5.41) is 6.77. The summed E-state index contributed by atoms with van der Waals surface area (Å²) >= 11 is 6.10. The molecule has 2 aromatic rings. The lowest BCUT2D eigenvalue weighted by Gasteiger charge is -2.11. The molecule has 0 saturated heterocycles. The average molecular weight is 304 g/mol. The summed E-state index contributed by atoms with van der Waals surface area (Å²) in [4.78, 5) is 16.0. The van der Waals surface area contributed by atoms with Crippen LogP contribution in [-0.4, -0.2) is 17.4 Å². The Morgan fingerprint density at radius 1 is 1.33 bits per heavy atom. The molecule has 0 spiro atoms. The van der Waals surface area contributed by atoms with Gasteiger partial charge < -0.3 is 10.6 Å². The molecule has 0 unspecified atom stereocenters. The van der Waals surface area contributed by atoms with Crippen LogP contribution in [0.5, 0.6) is 0 Å². The van der Waals surface area contributed by atoms with Gasteiger partial charge in [-0.25, -0.2) is 0 Å². The third-order valence-corrected chi connectivity index (χ3v) is 3.48. The van der Waals surface area contributed by atoms with Gasteiger partial charge in [0, 0.05) is 29.1 Å². The van der Waals surface area contributed by atoms with Gasteiger partial charge in [-0.2, -0.15) is 0 Å². The standard InChI is InChI=1S/C16H18ClN3O/c1-3-8-19-16(21)15-10-12(7-9-18-15)20-14-6-4-5-13(17)11(14)2/h4-7,9-10H,3,8H2,1-2H3,(H,18,20)(H,19,21). The predicted octanol–water partition coefficient (Wildman–Crippen LogP) is 3.93. The maximum absolute atomic E-state index is 11.9. The maximum Gasteiger partial charge on any atom is 0.269 e. The fourth-order valence-corrected chi connectivity index (χ4v) is 2.03. The molecule has 0 saturated carbocycles. The van der Waals surface area contributed by atoms with E-state index < -0.39 is 0 Å². The van der Waals surface area contributed by atoms with Crippen molar-refractivity contribution in [3.8, 4) is 0 Å². The number of hydrogen-bond donors (Lipinski definition) is 2. The van der Waals surface area contributed by atoms with Crippen LogP contribution < -0.4 is 10.6 Å². The normalized spacial score (nSPS) is 10.2. The van der Waals surface area contributed by atoms with E-state index >= 15 is 0 Å². The Labute approximate surface area is 129 Å². The van der Waals surface area contributed by atoms with Gasteiger partial charge in [0.2, 0.25) is 0 Å². The largest absolute Gasteiger partial charge is 0.355 e. The first-order chi connectivity index (χ1) is 10.1. The van der Waals surface area contributed by atoms with Crippen molar-refractivity contribution in [1.29, 1.82) is 0 Å². The number of rotatable bonds is 5. The summed E-state index contributed by atoms with van der Waals surface area (Å²) in [6.45, 7) is 4.60. The smallest absolute Gasteiger partial charge is 0.269 e. The topological polar surface area (TPSA) is 54.0 Å². The number of amides is 1. The number of halogens is 1. The van der Waals surface area contributed by atoms with E-state index in [1.54, 1.807) is 12.3 Å². The average Bonchev–Trinajstić information content (AvgIpc) is 2.50. The highest BCUT2D eigenvalue weighted by Crippen LogP contribution is 2.26. The Bertz CT molecular complexity index is 643. The quantitative estimate of drug-likeness (QED) is 0.880. The van der Waals surface area contributed by atoms with E-state index in [0.29, 0.717) is 17.3 Å². The van der Waals surface area contributed by atoms with Crippen LogP contribution in [0.2, 0.25) is 5.02 Å². The van der Waals surface area contributed by atoms with E-state index in [0.717, 1.165) is 23.4 Å². The van der Waals surface area contributed by atoms with E-state index in [2.05, 4.69) is 15.6 Å². The van der Waals surface area contributed by atoms with E-state index in [4.69, 9.17) is 11.6 Å². The Hall–Kier alpha value is -2.07. The lowest BCUT2D eigenvalue weighted by atomic mass is 10.2. The first-order valence-electron chi connectivity index (χ1n) is 6.88. The predicted molar refractivity (Wildman–Crippen MR) is 86.3 cm³/mol. The Balaban J connectivity index is 2.18. The van der Waals surface area contributed by atoms with E-state index in [1.165, 1.54) is 0 Å². The third kappa shape index (κ3) is 3.95. The first kappa shape index (κ1) is 15.3. The minimum absolute atomic E-state index is 0.164. The SMILES string of the molecule is CCCNC(=O)c1cc(Nc2cccc(Cl)c2C)ccn1. The van der Waals surface area contributed by atoms with Crippen LogP contribution in [0.4, 0.5) is 11.4 Å². The van der Waals surface area contributed by atoms with Crippen molar-refractivity contribution in [3.05, 3.63) is 52.8 Å². The number of nitrogens with one attached hydrogen (secondary N) is 2. The van der Waals surface area contributed by atoms with Crippen molar-refractivity contribution >= 4 is 28.9 Å². The summed E-state index contributed by atoms with van der Waals surface area (Å²) in [7, 11) is 0. The number of anilines is 2. The van der Waals surface area contributed by atoms with Crippen molar-refractivity contribution in [2.24, 2.45) is 0 Å². The zero-order valence-electron chi connectivity index (χ0n) is 12.1. The zero-order chi connectivity index (χ0) is 15.2. The van der Waals surface area contributed by atoms with Crippen molar-refractivity contribution in [3.63, 3.8) is 0 Å². The number of hydrogen-bond acceptors (Lipinski definition) is 3. The summed E-state index contributed by atoms with van der Waals surface area (Å²) < 4.78 is 0. The van der Waals surface area contributed by atoms with Crippen LogP contribution in [0.3, 0.4) is 0 Å². The summed E-state index contributed by atoms with van der Waals surface area (Å²) in [5.41, 5.74) is 3.08. The van der Waals surface area contributed by atoms with E-state index in [-0.39, 0.29) is 5.91 Å². The number of carbonyl (C=O) groups excluding carboxylic acids is 1. The molecule has 0 aliphatic carbocycles. The second kappa shape index (κ2) is 7.09. The second-order valence-corrected chi connectivity index (χ2v) is 5.13. The fraction of sp³-hybridized carbons (Fsp3) is 0.250. The first-order valence-corrected chi connectivity index (χ1v) is 7.26. The Kier molecular flexibility index (Phi) is 5.17. The van der Waals surface area contributed by atoms with Gasteiger partial charge in [0.05, 0.1) is 0 Å². The van der Waals surface area contributed by atoms with Gasteiger partial charge in [0.25, 0.3) is 5.91 Å². The van der Waals surface area contributed by atoms with Gasteiger partial charge in [-0.1, -0.05) is 24.6 Å². The number of nitrogens with zero attached hydrogens (tertiary/aromatic N) is 1. The van der Waals surface area contributed by atoms with Crippen molar-refractivity contribution < 1.29 is 4.79 Å². The van der Waals surface area contributed by atoms with Crippen LogP contribution in [0.15, 0.2) is 36.5 Å². The van der Waals surface area contributed by atoms with Gasteiger partial charge in [-0.05, 0) is 43.2 Å². The molecule has 0 aliphatic heterocycles. The summed E-state index contributed by atoms with van der Waals surface area (Å²) in [6, 6.07) is 9.21. The number of benzene rings is 1. The van der Waals surface area contributed by atoms with Gasteiger partial charge in [-0.3, -0.25) is 9.78 Å². The molecule has 21 heavy (non-hydrogen) atoms. The molecule has 110 valence electrons. The molecule has 0 radical (unpaired) electrons. The number of pyridine rings is 1. The number of aromatic nitrogens is 1. The Morgan fingerprint density at radius 3 is 2.90 bits per heavy atom. The maximum atomic E-state index is 11.9. The van der Waals surface area contributed by atoms with Crippen LogP contribution >= 0.6 is 11.6 Å². The van der Waals surface area contributed by atoms with Gasteiger partial charge in [-0.15, -0.1) is 0 Å². The molecule has 0 atom stereocenters. The zero-order valence-corrected chi connectivity index (χ0v) is 12.9. The molecule has 0 aliphatic rings. The van der Waals surface area contributed by atoms with Gasteiger partial charge in [0.15, 0.2) is 0 Å². The molecule has 1 aromatic heterocycles. The monoisotopic (exact) mass is 303 g/mol. The molecule has 2 rings (SSSR count). The van der Waals surface area contributed by atoms with Crippen LogP contribution in [0, 0.1) is 6.92 Å². The molecule has 1 amide bonds. The highest BCUT2D eigenvalue weighted by atomic mass is 35.5. The van der Waals surface area contributed by atoms with Gasteiger partial charge >= 0.3 is 0 Å². The molecular formula is C16H18ClN3O. The molecule has 0 bridgehead atoms. The summed E-state index contributed by atoms with van der Waals surface area (Å²) in [6.07, 6.45) is 2.51. The highest BCUT2D eigenvalue weighted by molar-refractivity contribution is 6.31. The molecule has 2 N–H and O–H groups in total. The molecule has 5 heteroatoms. The van der Waals surface area contributed by atoms with Crippen molar-refractivity contribution in [2.75, 3.05) is 11.9 Å². The van der Waals surface area contributed by atoms with Crippen molar-refractivity contribution in [2.45, 2.75) is 20.3 Å². The lowest BCUT2D eigenvalue weighted by molar-refractivity contribution is 0.0949. The lowest BCUT2D eigenvalue weighted by Crippen LogP contribution is -2.24. The molecule has 0 fully saturated rings. The van der Waals surface area contributed by atoms with Crippen LogP contribution in [0.1, 0.15) is 29.4 Å². The fourth-order valence-electron chi connectivity index (χ4n) is 1.86. The summed E-state index contributed by atoms with van der Waals surface area (Å²) in [5.74, 6) is -0.164.